The Morgan fingerprint density at radius 2 is 1.70 bits per heavy atom. The van der Waals surface area contributed by atoms with Crippen LogP contribution in [0.1, 0.15) is 28.4 Å². The summed E-state index contributed by atoms with van der Waals surface area (Å²) in [6.07, 6.45) is 4.60. The van der Waals surface area contributed by atoms with Crippen LogP contribution in [0.2, 0.25) is 0 Å². The van der Waals surface area contributed by atoms with E-state index in [0.717, 1.165) is 27.1 Å². The maximum Gasteiger partial charge on any atom is 0.280 e. The van der Waals surface area contributed by atoms with E-state index in [1.165, 1.54) is 57.1 Å². The number of fused-ring (bicyclic) bond motifs is 1. The number of hydrogen-bond acceptors (Lipinski definition) is 7. The van der Waals surface area contributed by atoms with Crippen molar-refractivity contribution in [2.24, 2.45) is 5.10 Å². The van der Waals surface area contributed by atoms with Crippen molar-refractivity contribution in [1.82, 2.24) is 9.29 Å². The zero-order valence-corrected chi connectivity index (χ0v) is 24.0. The minimum atomic E-state index is -3.80. The molecule has 0 N–H and O–H groups in total. The average Bonchev–Trinajstić information content (AvgIpc) is 3.37. The van der Waals surface area contributed by atoms with E-state index in [1.54, 1.807) is 6.21 Å². The van der Waals surface area contributed by atoms with Crippen LogP contribution in [-0.4, -0.2) is 49.5 Å². The maximum atomic E-state index is 13.7. The molecule has 0 aliphatic heterocycles. The second kappa shape index (κ2) is 12.8. The Morgan fingerprint density at radius 1 is 1.02 bits per heavy atom. The van der Waals surface area contributed by atoms with Crippen molar-refractivity contribution < 1.29 is 17.9 Å². The van der Waals surface area contributed by atoms with E-state index in [2.05, 4.69) is 23.2 Å². The number of aromatic nitrogens is 1. The molecule has 0 fully saturated rings. The summed E-state index contributed by atoms with van der Waals surface area (Å²) < 4.78 is 33.9. The number of carbonyl (C=O) groups excluding carboxylic acids is 1. The first-order valence-corrected chi connectivity index (χ1v) is 14.8. The number of anilines is 1. The molecule has 206 valence electrons. The lowest BCUT2D eigenvalue weighted by atomic mass is 10.2. The first-order valence-electron chi connectivity index (χ1n) is 12.6. The largest absolute Gasteiger partial charge is 0.494 e. The number of ether oxygens (including phenoxy) is 1. The van der Waals surface area contributed by atoms with Gasteiger partial charge in [-0.05, 0) is 85.6 Å². The van der Waals surface area contributed by atoms with Gasteiger partial charge in [-0.2, -0.15) is 14.4 Å². The van der Waals surface area contributed by atoms with E-state index in [0.29, 0.717) is 11.7 Å². The summed E-state index contributed by atoms with van der Waals surface area (Å²) in [7, 11) is -3.80. The van der Waals surface area contributed by atoms with Crippen molar-refractivity contribution in [3.05, 3.63) is 109 Å². The normalized spacial score (nSPS) is 11.7. The Hall–Kier alpha value is -4.12. The zero-order chi connectivity index (χ0) is 28.7. The summed E-state index contributed by atoms with van der Waals surface area (Å²) in [5, 5.41) is 6.13. The summed E-state index contributed by atoms with van der Waals surface area (Å²) in [6, 6.07) is 19.0. The molecule has 0 spiro atoms. The Bertz CT molecular complexity index is 1630. The standard InChI is InChI=1S/C30H30N4O4S2/c1-5-18-33(19-6-2)40(36,37)26-15-11-24(12-16-26)29(35)34(30-32-27-17-8-22(4)20-28(27)39-30)31-21-23-9-13-25(14-10-23)38-7-3/h5-6,8-17,20-21H,1-2,7,18-19H2,3-4H3/b31-21+. The van der Waals surface area contributed by atoms with Crippen molar-refractivity contribution in [1.29, 1.82) is 0 Å². The number of carbonyl (C=O) groups is 1. The molecule has 0 bridgehead atoms. The van der Waals surface area contributed by atoms with E-state index in [4.69, 9.17) is 4.74 Å². The number of hydrogen-bond donors (Lipinski definition) is 0. The predicted molar refractivity (Wildman–Crippen MR) is 162 cm³/mol. The first-order chi connectivity index (χ1) is 19.3. The predicted octanol–water partition coefficient (Wildman–Crippen LogP) is 6.05. The molecule has 1 aromatic heterocycles. The molecule has 4 rings (SSSR count). The Kier molecular flexibility index (Phi) is 9.26. The molecule has 0 aliphatic rings. The SMILES string of the molecule is C=CCN(CC=C)S(=O)(=O)c1ccc(C(=O)N(/N=C/c2ccc(OCC)cc2)c2nc3ccc(C)cc3s2)cc1. The van der Waals surface area contributed by atoms with E-state index in [1.807, 2.05) is 56.3 Å². The number of rotatable bonds is 12. The summed E-state index contributed by atoms with van der Waals surface area (Å²) in [5.41, 5.74) is 2.87. The van der Waals surface area contributed by atoms with Crippen molar-refractivity contribution in [2.75, 3.05) is 24.7 Å². The highest BCUT2D eigenvalue weighted by Crippen LogP contribution is 2.31. The topological polar surface area (TPSA) is 92.2 Å². The highest BCUT2D eigenvalue weighted by atomic mass is 32.2. The third-order valence-electron chi connectivity index (χ3n) is 5.82. The van der Waals surface area contributed by atoms with Crippen LogP contribution in [0.25, 0.3) is 10.2 Å². The van der Waals surface area contributed by atoms with Gasteiger partial charge in [0.25, 0.3) is 5.91 Å². The van der Waals surface area contributed by atoms with E-state index in [9.17, 15) is 13.2 Å². The van der Waals surface area contributed by atoms with Crippen LogP contribution in [0, 0.1) is 6.92 Å². The lowest BCUT2D eigenvalue weighted by Crippen LogP contribution is -2.31. The number of amides is 1. The molecule has 1 amide bonds. The van der Waals surface area contributed by atoms with Crippen molar-refractivity contribution in [3.63, 3.8) is 0 Å². The highest BCUT2D eigenvalue weighted by molar-refractivity contribution is 7.89. The molecule has 0 aliphatic carbocycles. The van der Waals surface area contributed by atoms with Crippen LogP contribution in [0.3, 0.4) is 0 Å². The summed E-state index contributed by atoms with van der Waals surface area (Å²) >= 11 is 1.35. The van der Waals surface area contributed by atoms with Gasteiger partial charge in [-0.1, -0.05) is 29.6 Å². The average molecular weight is 575 g/mol. The third kappa shape index (κ3) is 6.53. The van der Waals surface area contributed by atoms with E-state index in [-0.39, 0.29) is 23.5 Å². The van der Waals surface area contributed by atoms with Gasteiger partial charge in [-0.3, -0.25) is 4.79 Å². The van der Waals surface area contributed by atoms with Gasteiger partial charge >= 0.3 is 0 Å². The number of thiazole rings is 1. The molecule has 0 saturated carbocycles. The van der Waals surface area contributed by atoms with Crippen LogP contribution < -0.4 is 9.75 Å². The van der Waals surface area contributed by atoms with Crippen molar-refractivity contribution >= 4 is 48.8 Å². The number of benzene rings is 3. The molecule has 0 atom stereocenters. The van der Waals surface area contributed by atoms with Gasteiger partial charge in [-0.15, -0.1) is 13.2 Å². The highest BCUT2D eigenvalue weighted by Gasteiger charge is 2.25. The molecule has 0 radical (unpaired) electrons. The Labute approximate surface area is 238 Å². The molecule has 1 heterocycles. The molecule has 3 aromatic carbocycles. The summed E-state index contributed by atoms with van der Waals surface area (Å²) in [4.78, 5) is 18.4. The van der Waals surface area contributed by atoms with Gasteiger partial charge in [0.2, 0.25) is 15.2 Å². The smallest absolute Gasteiger partial charge is 0.280 e. The minimum absolute atomic E-state index is 0.0626. The molecule has 0 saturated heterocycles. The van der Waals surface area contributed by atoms with Crippen LogP contribution in [-0.2, 0) is 10.0 Å². The van der Waals surface area contributed by atoms with Crippen LogP contribution in [0.4, 0.5) is 5.13 Å². The van der Waals surface area contributed by atoms with Crippen LogP contribution >= 0.6 is 11.3 Å². The quantitative estimate of drug-likeness (QED) is 0.117. The molecule has 0 unspecified atom stereocenters. The van der Waals surface area contributed by atoms with Crippen LogP contribution in [0.5, 0.6) is 5.75 Å². The van der Waals surface area contributed by atoms with Gasteiger partial charge < -0.3 is 4.74 Å². The molecule has 40 heavy (non-hydrogen) atoms. The second-order valence-electron chi connectivity index (χ2n) is 8.75. The zero-order valence-electron chi connectivity index (χ0n) is 22.4. The number of sulfonamides is 1. The molecular formula is C30H30N4O4S2. The lowest BCUT2D eigenvalue weighted by Gasteiger charge is -2.19. The fraction of sp³-hybridized carbons (Fsp3) is 0.167. The monoisotopic (exact) mass is 574 g/mol. The Morgan fingerprint density at radius 3 is 2.33 bits per heavy atom. The van der Waals surface area contributed by atoms with Gasteiger partial charge in [0.15, 0.2) is 0 Å². The van der Waals surface area contributed by atoms with Gasteiger partial charge in [0, 0.05) is 18.7 Å². The number of hydrazone groups is 1. The van der Waals surface area contributed by atoms with Gasteiger partial charge in [-0.25, -0.2) is 13.4 Å². The fourth-order valence-electron chi connectivity index (χ4n) is 3.84. The third-order valence-corrected chi connectivity index (χ3v) is 8.66. The van der Waals surface area contributed by atoms with Gasteiger partial charge in [0.1, 0.15) is 5.75 Å². The molecular weight excluding hydrogens is 544 g/mol. The van der Waals surface area contributed by atoms with Crippen molar-refractivity contribution in [3.8, 4) is 5.75 Å². The van der Waals surface area contributed by atoms with Crippen molar-refractivity contribution in [2.45, 2.75) is 18.7 Å². The molecule has 10 heteroatoms. The summed E-state index contributed by atoms with van der Waals surface area (Å²) in [6.45, 7) is 12.0. The Balaban J connectivity index is 1.68. The minimum Gasteiger partial charge on any atom is -0.494 e. The van der Waals surface area contributed by atoms with Crippen LogP contribution in [0.15, 0.2) is 102 Å². The van der Waals surface area contributed by atoms with Gasteiger partial charge in [0.05, 0.1) is 27.9 Å². The fourth-order valence-corrected chi connectivity index (χ4v) is 6.24. The second-order valence-corrected chi connectivity index (χ2v) is 11.7. The first kappa shape index (κ1) is 28.9. The maximum absolute atomic E-state index is 13.7. The molecule has 4 aromatic rings. The number of aryl methyl sites for hydroxylation is 1. The molecule has 8 nitrogen and oxygen atoms in total. The van der Waals surface area contributed by atoms with E-state index < -0.39 is 15.9 Å². The number of nitrogens with zero attached hydrogens (tertiary/aromatic N) is 4. The summed E-state index contributed by atoms with van der Waals surface area (Å²) in [5.74, 6) is 0.292. The lowest BCUT2D eigenvalue weighted by molar-refractivity contribution is 0.0987. The van der Waals surface area contributed by atoms with E-state index >= 15 is 0 Å².